The van der Waals surface area contributed by atoms with Crippen LogP contribution in [0.25, 0.3) is 0 Å². The second-order valence-corrected chi connectivity index (χ2v) is 5.24. The van der Waals surface area contributed by atoms with Gasteiger partial charge in [0.05, 0.1) is 13.2 Å². The molecule has 104 valence electrons. The predicted molar refractivity (Wildman–Crippen MR) is 74.4 cm³/mol. The molecule has 5 nitrogen and oxygen atoms in total. The second kappa shape index (κ2) is 6.30. The molecule has 1 aliphatic heterocycles. The fourth-order valence-corrected chi connectivity index (χ4v) is 2.85. The Morgan fingerprint density at radius 3 is 3.00 bits per heavy atom. The van der Waals surface area contributed by atoms with Crippen LogP contribution in [0, 0.1) is 0 Å². The summed E-state index contributed by atoms with van der Waals surface area (Å²) in [5.74, 6) is 1.06. The number of morpholine rings is 1. The van der Waals surface area contributed by atoms with Crippen molar-refractivity contribution in [3.8, 4) is 0 Å². The van der Waals surface area contributed by atoms with E-state index in [1.807, 2.05) is 0 Å². The first kappa shape index (κ1) is 12.8. The molecule has 0 atom stereocenters. The number of fused-ring (bicyclic) bond motifs is 1. The normalized spacial score (nSPS) is 19.4. The maximum atomic E-state index is 5.35. The van der Waals surface area contributed by atoms with Crippen LogP contribution in [0.1, 0.15) is 24.1 Å². The highest BCUT2D eigenvalue weighted by atomic mass is 16.5. The minimum Gasteiger partial charge on any atom is -0.379 e. The number of nitrogens with one attached hydrogen (secondary N) is 1. The number of anilines is 1. The molecule has 0 spiro atoms. The van der Waals surface area contributed by atoms with E-state index in [1.54, 1.807) is 6.33 Å². The highest BCUT2D eigenvalue weighted by Gasteiger charge is 2.16. The number of hydrogen-bond donors (Lipinski definition) is 1. The number of ether oxygens (including phenoxy) is 1. The lowest BCUT2D eigenvalue weighted by Crippen LogP contribution is -2.37. The number of aryl methyl sites for hydroxylation is 1. The van der Waals surface area contributed by atoms with E-state index < -0.39 is 0 Å². The molecule has 0 bridgehead atoms. The van der Waals surface area contributed by atoms with Crippen LogP contribution in [0.2, 0.25) is 0 Å². The van der Waals surface area contributed by atoms with Crippen molar-refractivity contribution in [1.29, 1.82) is 0 Å². The predicted octanol–water partition coefficient (Wildman–Crippen LogP) is 1.10. The van der Waals surface area contributed by atoms with Gasteiger partial charge in [-0.15, -0.1) is 0 Å². The summed E-state index contributed by atoms with van der Waals surface area (Å²) in [4.78, 5) is 11.2. The highest BCUT2D eigenvalue weighted by molar-refractivity contribution is 5.47. The smallest absolute Gasteiger partial charge is 0.132 e. The summed E-state index contributed by atoms with van der Waals surface area (Å²) >= 11 is 0. The van der Waals surface area contributed by atoms with E-state index in [0.29, 0.717) is 0 Å². The fraction of sp³-hybridized carbons (Fsp3) is 0.714. The van der Waals surface area contributed by atoms with E-state index in [2.05, 4.69) is 20.2 Å². The van der Waals surface area contributed by atoms with Gasteiger partial charge in [0.15, 0.2) is 0 Å². The molecule has 1 aliphatic carbocycles. The van der Waals surface area contributed by atoms with Crippen LogP contribution in [0.4, 0.5) is 5.82 Å². The van der Waals surface area contributed by atoms with Crippen molar-refractivity contribution >= 4 is 5.82 Å². The van der Waals surface area contributed by atoms with E-state index in [4.69, 9.17) is 4.74 Å². The third kappa shape index (κ3) is 3.22. The maximum Gasteiger partial charge on any atom is 0.132 e. The summed E-state index contributed by atoms with van der Waals surface area (Å²) in [7, 11) is 0. The molecular formula is C14H22N4O. The maximum absolute atomic E-state index is 5.35. The Kier molecular flexibility index (Phi) is 4.25. The monoisotopic (exact) mass is 262 g/mol. The Morgan fingerprint density at radius 1 is 1.21 bits per heavy atom. The Balaban J connectivity index is 1.44. The summed E-state index contributed by atoms with van der Waals surface area (Å²) in [6.45, 7) is 6.04. The highest BCUT2D eigenvalue weighted by Crippen LogP contribution is 2.24. The van der Waals surface area contributed by atoms with Crippen molar-refractivity contribution in [3.63, 3.8) is 0 Å². The number of rotatable bonds is 5. The van der Waals surface area contributed by atoms with Crippen molar-refractivity contribution in [2.45, 2.75) is 25.7 Å². The molecule has 1 N–H and O–H groups in total. The molecule has 1 saturated heterocycles. The molecule has 2 heterocycles. The van der Waals surface area contributed by atoms with Crippen LogP contribution in [0.3, 0.4) is 0 Å². The van der Waals surface area contributed by atoms with Crippen LogP contribution in [-0.4, -0.2) is 54.3 Å². The lowest BCUT2D eigenvalue weighted by molar-refractivity contribution is 0.0378. The topological polar surface area (TPSA) is 50.3 Å². The lowest BCUT2D eigenvalue weighted by atomic mass is 10.2. The van der Waals surface area contributed by atoms with Gasteiger partial charge in [-0.3, -0.25) is 4.90 Å². The van der Waals surface area contributed by atoms with E-state index in [0.717, 1.165) is 64.5 Å². The van der Waals surface area contributed by atoms with Gasteiger partial charge in [-0.05, 0) is 32.2 Å². The molecular weight excluding hydrogens is 240 g/mol. The minimum absolute atomic E-state index is 0.882. The van der Waals surface area contributed by atoms with Gasteiger partial charge in [0.2, 0.25) is 0 Å². The van der Waals surface area contributed by atoms with Crippen molar-refractivity contribution in [1.82, 2.24) is 14.9 Å². The largest absolute Gasteiger partial charge is 0.379 e. The zero-order chi connectivity index (χ0) is 12.9. The van der Waals surface area contributed by atoms with Crippen LogP contribution >= 0.6 is 0 Å². The van der Waals surface area contributed by atoms with Crippen molar-refractivity contribution in [2.75, 3.05) is 44.7 Å². The van der Waals surface area contributed by atoms with Gasteiger partial charge >= 0.3 is 0 Å². The summed E-state index contributed by atoms with van der Waals surface area (Å²) in [6.07, 6.45) is 6.30. The van der Waals surface area contributed by atoms with Gasteiger partial charge in [-0.1, -0.05) is 0 Å². The van der Waals surface area contributed by atoms with Gasteiger partial charge in [-0.2, -0.15) is 0 Å². The number of nitrogens with zero attached hydrogens (tertiary/aromatic N) is 3. The molecule has 1 aromatic rings. The molecule has 1 aromatic heterocycles. The summed E-state index contributed by atoms with van der Waals surface area (Å²) in [5, 5.41) is 3.48. The van der Waals surface area contributed by atoms with Gasteiger partial charge in [-0.25, -0.2) is 9.97 Å². The van der Waals surface area contributed by atoms with Gasteiger partial charge in [0, 0.05) is 30.9 Å². The molecule has 1 fully saturated rings. The van der Waals surface area contributed by atoms with Crippen molar-refractivity contribution < 1.29 is 4.74 Å². The standard InChI is InChI=1S/C14H22N4O/c1-3-12-13(4-1)16-11-17-14(12)15-5-2-6-18-7-9-19-10-8-18/h11H,1-10H2,(H,15,16,17). The van der Waals surface area contributed by atoms with E-state index in [1.165, 1.54) is 17.7 Å². The molecule has 0 radical (unpaired) electrons. The molecule has 0 aromatic carbocycles. The molecule has 5 heteroatoms. The Bertz CT molecular complexity index is 418. The quantitative estimate of drug-likeness (QED) is 0.805. The second-order valence-electron chi connectivity index (χ2n) is 5.24. The lowest BCUT2D eigenvalue weighted by Gasteiger charge is -2.26. The molecule has 0 saturated carbocycles. The van der Waals surface area contributed by atoms with Crippen molar-refractivity contribution in [2.24, 2.45) is 0 Å². The van der Waals surface area contributed by atoms with Crippen LogP contribution < -0.4 is 5.32 Å². The molecule has 0 amide bonds. The van der Waals surface area contributed by atoms with E-state index in [-0.39, 0.29) is 0 Å². The third-order valence-corrected chi connectivity index (χ3v) is 3.92. The Morgan fingerprint density at radius 2 is 2.11 bits per heavy atom. The average molecular weight is 262 g/mol. The minimum atomic E-state index is 0.882. The summed E-state index contributed by atoms with van der Waals surface area (Å²) in [5.41, 5.74) is 2.58. The zero-order valence-corrected chi connectivity index (χ0v) is 11.4. The van der Waals surface area contributed by atoms with E-state index >= 15 is 0 Å². The molecule has 0 unspecified atom stereocenters. The summed E-state index contributed by atoms with van der Waals surface area (Å²) < 4.78 is 5.35. The Labute approximate surface area is 114 Å². The summed E-state index contributed by atoms with van der Waals surface area (Å²) in [6, 6.07) is 0. The van der Waals surface area contributed by atoms with Crippen molar-refractivity contribution in [3.05, 3.63) is 17.6 Å². The number of hydrogen-bond acceptors (Lipinski definition) is 5. The fourth-order valence-electron chi connectivity index (χ4n) is 2.85. The molecule has 2 aliphatic rings. The van der Waals surface area contributed by atoms with Crippen LogP contribution in [-0.2, 0) is 17.6 Å². The van der Waals surface area contributed by atoms with Gasteiger partial charge in [0.1, 0.15) is 12.1 Å². The Hall–Kier alpha value is -1.20. The van der Waals surface area contributed by atoms with Crippen LogP contribution in [0.15, 0.2) is 6.33 Å². The zero-order valence-electron chi connectivity index (χ0n) is 11.4. The molecule has 19 heavy (non-hydrogen) atoms. The third-order valence-electron chi connectivity index (χ3n) is 3.92. The van der Waals surface area contributed by atoms with E-state index in [9.17, 15) is 0 Å². The van der Waals surface area contributed by atoms with Gasteiger partial charge < -0.3 is 10.1 Å². The first-order valence-electron chi connectivity index (χ1n) is 7.30. The van der Waals surface area contributed by atoms with Crippen LogP contribution in [0.5, 0.6) is 0 Å². The van der Waals surface area contributed by atoms with Gasteiger partial charge in [0.25, 0.3) is 0 Å². The first-order chi connectivity index (χ1) is 9.43. The molecule has 3 rings (SSSR count). The first-order valence-corrected chi connectivity index (χ1v) is 7.30. The average Bonchev–Trinajstić information content (AvgIpc) is 2.94. The number of aromatic nitrogens is 2. The SMILES string of the molecule is c1nc2c(c(NCCCN3CCOCC3)n1)CCC2.